The Bertz CT molecular complexity index is 769. The molecule has 1 aliphatic rings. The molecule has 26 heavy (non-hydrogen) atoms. The van der Waals surface area contributed by atoms with E-state index in [2.05, 4.69) is 15.3 Å². The van der Waals surface area contributed by atoms with Crippen molar-refractivity contribution in [3.05, 3.63) is 47.8 Å². The summed E-state index contributed by atoms with van der Waals surface area (Å²) in [5.41, 5.74) is 2.32. The summed E-state index contributed by atoms with van der Waals surface area (Å²) < 4.78 is 6.56. The number of anilines is 1. The number of carbonyl (C=O) groups excluding carboxylic acids is 2. The first-order valence-electron chi connectivity index (χ1n) is 8.77. The van der Waals surface area contributed by atoms with Crippen molar-refractivity contribution in [2.75, 3.05) is 19.0 Å². The smallest absolute Gasteiger partial charge is 0.323 e. The third kappa shape index (κ3) is 4.29. The first-order chi connectivity index (χ1) is 12.6. The maximum absolute atomic E-state index is 12.3. The molecule has 0 radical (unpaired) electrons. The minimum atomic E-state index is -0.178. The molecule has 2 aromatic rings. The third-order valence-corrected chi connectivity index (χ3v) is 4.65. The number of methoxy groups -OCH3 is 1. The van der Waals surface area contributed by atoms with Crippen LogP contribution in [0.5, 0.6) is 0 Å². The summed E-state index contributed by atoms with van der Waals surface area (Å²) in [4.78, 5) is 26.4. The highest BCUT2D eigenvalue weighted by atomic mass is 16.5. The van der Waals surface area contributed by atoms with Crippen LogP contribution in [0.25, 0.3) is 0 Å². The number of benzene rings is 1. The maximum atomic E-state index is 12.3. The molecule has 138 valence electrons. The molecule has 1 aromatic carbocycles. The minimum Gasteiger partial charge on any atom is -0.468 e. The number of carbonyl (C=O) groups is 2. The van der Waals surface area contributed by atoms with Crippen molar-refractivity contribution in [2.24, 2.45) is 7.05 Å². The SMILES string of the molecule is COC(=O)[C@H]1CCCCN1Cc1ccc(C(=O)Nc2cnn(C)c2)cc1. The fraction of sp³-hybridized carbons (Fsp3) is 0.421. The second kappa shape index (κ2) is 8.14. The molecule has 1 atom stereocenters. The number of piperidine rings is 1. The standard InChI is InChI=1S/C19H24N4O3/c1-22-13-16(11-20-22)21-18(24)15-8-6-14(7-9-15)12-23-10-4-3-5-17(23)19(25)26-2/h6-9,11,13,17H,3-5,10,12H2,1-2H3,(H,21,24)/t17-/m1/s1. The van der Waals surface area contributed by atoms with Crippen LogP contribution in [-0.2, 0) is 23.1 Å². The van der Waals surface area contributed by atoms with E-state index in [1.54, 1.807) is 36.3 Å². The van der Waals surface area contributed by atoms with Crippen LogP contribution in [0.1, 0.15) is 35.2 Å². The second-order valence-corrected chi connectivity index (χ2v) is 6.56. The van der Waals surface area contributed by atoms with Gasteiger partial charge < -0.3 is 10.1 Å². The zero-order valence-electron chi connectivity index (χ0n) is 15.1. The van der Waals surface area contributed by atoms with E-state index in [0.717, 1.165) is 31.4 Å². The van der Waals surface area contributed by atoms with Gasteiger partial charge in [0, 0.05) is 25.4 Å². The van der Waals surface area contributed by atoms with Gasteiger partial charge in [0.2, 0.25) is 0 Å². The highest BCUT2D eigenvalue weighted by Gasteiger charge is 2.29. The number of nitrogens with zero attached hydrogens (tertiary/aromatic N) is 3. The van der Waals surface area contributed by atoms with E-state index in [1.807, 2.05) is 12.1 Å². The van der Waals surface area contributed by atoms with Crippen LogP contribution in [0.15, 0.2) is 36.7 Å². The highest BCUT2D eigenvalue weighted by Crippen LogP contribution is 2.21. The van der Waals surface area contributed by atoms with Crippen molar-refractivity contribution in [3.8, 4) is 0 Å². The molecule has 1 saturated heterocycles. The molecule has 7 nitrogen and oxygen atoms in total. The first kappa shape index (κ1) is 18.1. The van der Waals surface area contributed by atoms with E-state index in [-0.39, 0.29) is 17.9 Å². The number of esters is 1. The van der Waals surface area contributed by atoms with Gasteiger partial charge in [0.05, 0.1) is 19.0 Å². The Kier molecular flexibility index (Phi) is 5.68. The summed E-state index contributed by atoms with van der Waals surface area (Å²) in [7, 11) is 3.23. The fourth-order valence-electron chi connectivity index (χ4n) is 3.27. The molecule has 7 heteroatoms. The Morgan fingerprint density at radius 3 is 2.69 bits per heavy atom. The fourth-order valence-corrected chi connectivity index (χ4v) is 3.27. The topological polar surface area (TPSA) is 76.5 Å². The van der Waals surface area contributed by atoms with E-state index in [4.69, 9.17) is 4.74 Å². The van der Waals surface area contributed by atoms with E-state index in [9.17, 15) is 9.59 Å². The molecule has 0 saturated carbocycles. The molecule has 0 unspecified atom stereocenters. The van der Waals surface area contributed by atoms with E-state index < -0.39 is 0 Å². The summed E-state index contributed by atoms with van der Waals surface area (Å²) >= 11 is 0. The second-order valence-electron chi connectivity index (χ2n) is 6.56. The van der Waals surface area contributed by atoms with Crippen molar-refractivity contribution in [1.29, 1.82) is 0 Å². The molecular formula is C19H24N4O3. The van der Waals surface area contributed by atoms with Crippen LogP contribution in [0.4, 0.5) is 5.69 Å². The predicted molar refractivity (Wildman–Crippen MR) is 97.7 cm³/mol. The van der Waals surface area contributed by atoms with Crippen molar-refractivity contribution in [2.45, 2.75) is 31.8 Å². The Balaban J connectivity index is 1.63. The van der Waals surface area contributed by atoms with Crippen molar-refractivity contribution < 1.29 is 14.3 Å². The Hall–Kier alpha value is -2.67. The van der Waals surface area contributed by atoms with Crippen LogP contribution < -0.4 is 5.32 Å². The quantitative estimate of drug-likeness (QED) is 0.831. The monoisotopic (exact) mass is 356 g/mol. The lowest BCUT2D eigenvalue weighted by molar-refractivity contribution is -0.148. The number of hydrogen-bond donors (Lipinski definition) is 1. The Labute approximate surface area is 152 Å². The van der Waals surface area contributed by atoms with Gasteiger partial charge in [-0.05, 0) is 37.1 Å². The van der Waals surface area contributed by atoms with Gasteiger partial charge in [-0.15, -0.1) is 0 Å². The number of ether oxygens (including phenoxy) is 1. The molecule has 1 aromatic heterocycles. The Morgan fingerprint density at radius 1 is 1.27 bits per heavy atom. The van der Waals surface area contributed by atoms with Crippen molar-refractivity contribution in [3.63, 3.8) is 0 Å². The zero-order valence-corrected chi connectivity index (χ0v) is 15.1. The van der Waals surface area contributed by atoms with Gasteiger partial charge in [-0.3, -0.25) is 19.2 Å². The average molecular weight is 356 g/mol. The maximum Gasteiger partial charge on any atom is 0.323 e. The molecular weight excluding hydrogens is 332 g/mol. The van der Waals surface area contributed by atoms with Gasteiger partial charge in [-0.25, -0.2) is 0 Å². The summed E-state index contributed by atoms with van der Waals surface area (Å²) in [5, 5.41) is 6.85. The number of aromatic nitrogens is 2. The Morgan fingerprint density at radius 2 is 2.04 bits per heavy atom. The van der Waals surface area contributed by atoms with Gasteiger partial charge in [0.1, 0.15) is 6.04 Å². The summed E-state index contributed by atoms with van der Waals surface area (Å²) in [5.74, 6) is -0.341. The average Bonchev–Trinajstić information content (AvgIpc) is 3.07. The minimum absolute atomic E-state index is 0.169. The molecule has 0 spiro atoms. The molecule has 1 amide bonds. The van der Waals surface area contributed by atoms with E-state index in [0.29, 0.717) is 17.8 Å². The number of amides is 1. The number of rotatable bonds is 5. The van der Waals surface area contributed by atoms with E-state index >= 15 is 0 Å². The largest absolute Gasteiger partial charge is 0.468 e. The summed E-state index contributed by atoms with van der Waals surface area (Å²) in [6.07, 6.45) is 6.31. The number of likely N-dealkylation sites (tertiary alicyclic amines) is 1. The summed E-state index contributed by atoms with van der Waals surface area (Å²) in [6, 6.07) is 7.29. The van der Waals surface area contributed by atoms with Crippen LogP contribution >= 0.6 is 0 Å². The molecule has 2 heterocycles. The van der Waals surface area contributed by atoms with Crippen LogP contribution in [0.3, 0.4) is 0 Å². The van der Waals surface area contributed by atoms with Gasteiger partial charge in [0.15, 0.2) is 0 Å². The highest BCUT2D eigenvalue weighted by molar-refractivity contribution is 6.04. The van der Waals surface area contributed by atoms with E-state index in [1.165, 1.54) is 7.11 Å². The van der Waals surface area contributed by atoms with Crippen molar-refractivity contribution >= 4 is 17.6 Å². The van der Waals surface area contributed by atoms with Gasteiger partial charge in [-0.1, -0.05) is 18.6 Å². The number of nitrogens with one attached hydrogen (secondary N) is 1. The number of aryl methyl sites for hydroxylation is 1. The van der Waals surface area contributed by atoms with Gasteiger partial charge >= 0.3 is 5.97 Å². The van der Waals surface area contributed by atoms with Crippen LogP contribution in [0, 0.1) is 0 Å². The lowest BCUT2D eigenvalue weighted by Crippen LogP contribution is -2.44. The van der Waals surface area contributed by atoms with Crippen LogP contribution in [0.2, 0.25) is 0 Å². The van der Waals surface area contributed by atoms with Gasteiger partial charge in [-0.2, -0.15) is 5.10 Å². The lowest BCUT2D eigenvalue weighted by atomic mass is 10.0. The third-order valence-electron chi connectivity index (χ3n) is 4.65. The normalized spacial score (nSPS) is 17.7. The molecule has 3 rings (SSSR count). The molecule has 1 N–H and O–H groups in total. The predicted octanol–water partition coefficient (Wildman–Crippen LogP) is 2.20. The zero-order chi connectivity index (χ0) is 18.5. The van der Waals surface area contributed by atoms with Crippen LogP contribution in [-0.4, -0.2) is 46.3 Å². The first-order valence-corrected chi connectivity index (χ1v) is 8.77. The molecule has 0 bridgehead atoms. The van der Waals surface area contributed by atoms with Crippen molar-refractivity contribution in [1.82, 2.24) is 14.7 Å². The number of hydrogen-bond acceptors (Lipinski definition) is 5. The molecule has 1 fully saturated rings. The van der Waals surface area contributed by atoms with Gasteiger partial charge in [0.25, 0.3) is 5.91 Å². The molecule has 1 aliphatic heterocycles. The lowest BCUT2D eigenvalue weighted by Gasteiger charge is -2.33. The summed E-state index contributed by atoms with van der Waals surface area (Å²) in [6.45, 7) is 1.55. The molecule has 0 aliphatic carbocycles.